The summed E-state index contributed by atoms with van der Waals surface area (Å²) < 4.78 is 10.6. The van der Waals surface area contributed by atoms with Crippen LogP contribution < -0.4 is 10.1 Å². The largest absolute Gasteiger partial charge is 0.496 e. The number of hydrogen-bond donors (Lipinski definition) is 1. The van der Waals surface area contributed by atoms with Gasteiger partial charge in [0.2, 0.25) is 0 Å². The summed E-state index contributed by atoms with van der Waals surface area (Å²) in [5.74, 6) is 0.406. The first-order valence-electron chi connectivity index (χ1n) is 9.88. The fraction of sp³-hybridized carbons (Fsp3) is 0.391. The normalized spacial score (nSPS) is 12.7. The van der Waals surface area contributed by atoms with Gasteiger partial charge >= 0.3 is 5.97 Å². The average molecular weight is 450 g/mol. The number of thioether (sulfide) groups is 1. The first-order valence-corrected chi connectivity index (χ1v) is 11.2. The van der Waals surface area contributed by atoms with Gasteiger partial charge in [0.15, 0.2) is 0 Å². The Morgan fingerprint density at radius 2 is 2.00 bits per heavy atom. The summed E-state index contributed by atoms with van der Waals surface area (Å²) in [6, 6.07) is 11.5. The van der Waals surface area contributed by atoms with Crippen molar-refractivity contribution >= 4 is 41.3 Å². The number of anilines is 1. The van der Waals surface area contributed by atoms with Crippen LogP contribution in [0.4, 0.5) is 5.69 Å². The van der Waals surface area contributed by atoms with Gasteiger partial charge < -0.3 is 19.6 Å². The lowest BCUT2D eigenvalue weighted by molar-refractivity contribution is -0.143. The van der Waals surface area contributed by atoms with Gasteiger partial charge in [0.05, 0.1) is 30.6 Å². The molecule has 0 fully saturated rings. The molecule has 2 rings (SSSR count). The van der Waals surface area contributed by atoms with Gasteiger partial charge in [-0.05, 0) is 54.3 Å². The molecule has 0 aliphatic rings. The summed E-state index contributed by atoms with van der Waals surface area (Å²) >= 11 is 7.74. The van der Waals surface area contributed by atoms with Crippen LogP contribution in [0.1, 0.15) is 42.2 Å². The van der Waals surface area contributed by atoms with Crippen molar-refractivity contribution < 1.29 is 19.1 Å². The number of halogens is 1. The van der Waals surface area contributed by atoms with Crippen molar-refractivity contribution in [1.29, 1.82) is 0 Å². The number of ether oxygens (including phenoxy) is 2. The SMILES string of the molecule is CCOC(=O)C[C@H](C=O)S[C@@H](c1cc(Cl)ccc1NC)c1cccc(OC)c1CC. The highest BCUT2D eigenvalue weighted by Crippen LogP contribution is 2.45. The van der Waals surface area contributed by atoms with E-state index in [1.54, 1.807) is 14.0 Å². The van der Waals surface area contributed by atoms with Gasteiger partial charge in [0.25, 0.3) is 0 Å². The minimum atomic E-state index is -0.561. The molecule has 1 N–H and O–H groups in total. The fourth-order valence-corrected chi connectivity index (χ4v) is 4.91. The smallest absolute Gasteiger partial charge is 0.307 e. The second-order valence-corrected chi connectivity index (χ2v) is 8.35. The van der Waals surface area contributed by atoms with Gasteiger partial charge in [0, 0.05) is 17.8 Å². The van der Waals surface area contributed by atoms with E-state index in [9.17, 15) is 9.59 Å². The molecule has 0 amide bonds. The monoisotopic (exact) mass is 449 g/mol. The summed E-state index contributed by atoms with van der Waals surface area (Å²) in [5.41, 5.74) is 3.92. The average Bonchev–Trinajstić information content (AvgIpc) is 2.76. The van der Waals surface area contributed by atoms with Crippen LogP contribution in [0.25, 0.3) is 0 Å². The van der Waals surface area contributed by atoms with Gasteiger partial charge in [-0.2, -0.15) is 0 Å². The van der Waals surface area contributed by atoms with Crippen molar-refractivity contribution in [3.8, 4) is 5.75 Å². The van der Waals surface area contributed by atoms with E-state index in [1.165, 1.54) is 11.8 Å². The fourth-order valence-electron chi connectivity index (χ4n) is 3.38. The highest BCUT2D eigenvalue weighted by atomic mass is 35.5. The zero-order valence-electron chi connectivity index (χ0n) is 17.7. The third-order valence-corrected chi connectivity index (χ3v) is 6.37. The van der Waals surface area contributed by atoms with E-state index in [0.29, 0.717) is 5.02 Å². The van der Waals surface area contributed by atoms with Crippen molar-refractivity contribution in [2.24, 2.45) is 0 Å². The highest BCUT2D eigenvalue weighted by molar-refractivity contribution is 8.01. The van der Waals surface area contributed by atoms with E-state index < -0.39 is 5.25 Å². The molecule has 162 valence electrons. The Bertz CT molecular complexity index is 874. The lowest BCUT2D eigenvalue weighted by Gasteiger charge is -2.26. The van der Waals surface area contributed by atoms with Gasteiger partial charge in [-0.25, -0.2) is 0 Å². The molecule has 0 spiro atoms. The number of methoxy groups -OCH3 is 1. The molecule has 0 aliphatic heterocycles. The van der Waals surface area contributed by atoms with Crippen LogP contribution in [0.3, 0.4) is 0 Å². The summed E-state index contributed by atoms with van der Waals surface area (Å²) in [6.07, 6.45) is 1.58. The number of carbonyl (C=O) groups is 2. The molecule has 30 heavy (non-hydrogen) atoms. The Hall–Kier alpha value is -2.18. The lowest BCUT2D eigenvalue weighted by atomic mass is 9.96. The molecule has 0 bridgehead atoms. The van der Waals surface area contributed by atoms with E-state index in [0.717, 1.165) is 40.8 Å². The number of aldehydes is 1. The maximum absolute atomic E-state index is 12.0. The van der Waals surface area contributed by atoms with E-state index in [-0.39, 0.29) is 24.2 Å². The van der Waals surface area contributed by atoms with Crippen molar-refractivity contribution in [3.05, 3.63) is 58.1 Å². The van der Waals surface area contributed by atoms with E-state index in [4.69, 9.17) is 21.1 Å². The van der Waals surface area contributed by atoms with Crippen LogP contribution in [-0.2, 0) is 20.7 Å². The van der Waals surface area contributed by atoms with Gasteiger partial charge in [-0.15, -0.1) is 11.8 Å². The van der Waals surface area contributed by atoms with E-state index in [1.807, 2.05) is 43.4 Å². The molecule has 0 aromatic heterocycles. The molecular weight excluding hydrogens is 422 g/mol. The first kappa shape index (κ1) is 24.1. The predicted molar refractivity (Wildman–Crippen MR) is 124 cm³/mol. The molecule has 0 unspecified atom stereocenters. The van der Waals surface area contributed by atoms with Crippen LogP contribution in [0.15, 0.2) is 36.4 Å². The molecule has 0 saturated heterocycles. The summed E-state index contributed by atoms with van der Waals surface area (Å²) in [7, 11) is 3.49. The van der Waals surface area contributed by atoms with Crippen LogP contribution in [0.5, 0.6) is 5.75 Å². The molecule has 2 atom stereocenters. The Morgan fingerprint density at radius 3 is 2.60 bits per heavy atom. The number of hydrogen-bond acceptors (Lipinski definition) is 6. The zero-order valence-corrected chi connectivity index (χ0v) is 19.3. The lowest BCUT2D eigenvalue weighted by Crippen LogP contribution is -2.17. The molecule has 2 aromatic carbocycles. The third-order valence-electron chi connectivity index (χ3n) is 4.73. The van der Waals surface area contributed by atoms with Gasteiger partial charge in [-0.3, -0.25) is 4.79 Å². The second kappa shape index (κ2) is 11.9. The number of carbonyl (C=O) groups excluding carboxylic acids is 2. The summed E-state index contributed by atoms with van der Waals surface area (Å²) in [6.45, 7) is 4.10. The zero-order chi connectivity index (χ0) is 22.1. The predicted octanol–water partition coefficient (Wildman–Crippen LogP) is 5.30. The van der Waals surface area contributed by atoms with Crippen molar-refractivity contribution in [1.82, 2.24) is 0 Å². The molecular formula is C23H28ClNO4S. The van der Waals surface area contributed by atoms with Crippen LogP contribution in [0.2, 0.25) is 5.02 Å². The molecule has 5 nitrogen and oxygen atoms in total. The molecule has 0 aliphatic carbocycles. The molecule has 7 heteroatoms. The Kier molecular flexibility index (Phi) is 9.53. The number of rotatable bonds is 11. The van der Waals surface area contributed by atoms with Crippen molar-refractivity contribution in [2.45, 2.75) is 37.2 Å². The first-order chi connectivity index (χ1) is 14.5. The van der Waals surface area contributed by atoms with Crippen molar-refractivity contribution in [3.63, 3.8) is 0 Å². The minimum absolute atomic E-state index is 0.0133. The van der Waals surface area contributed by atoms with Crippen molar-refractivity contribution in [2.75, 3.05) is 26.1 Å². The molecule has 0 radical (unpaired) electrons. The number of benzene rings is 2. The van der Waals surface area contributed by atoms with Crippen LogP contribution in [-0.4, -0.2) is 38.3 Å². The standard InChI is InChI=1S/C23H28ClNO4S/c1-5-17-18(8-7-9-21(17)28-4)23(19-12-15(24)10-11-20(19)25-3)30-16(14-26)13-22(27)29-6-2/h7-12,14,16,23,25H,5-6,13H2,1-4H3/t16-,23-/m1/s1. The van der Waals surface area contributed by atoms with E-state index >= 15 is 0 Å². The number of esters is 1. The maximum atomic E-state index is 12.0. The number of nitrogens with one attached hydrogen (secondary N) is 1. The Morgan fingerprint density at radius 1 is 1.23 bits per heavy atom. The Labute approximate surface area is 187 Å². The summed E-state index contributed by atoms with van der Waals surface area (Å²) in [5, 5.41) is 3.01. The third kappa shape index (κ3) is 5.92. The second-order valence-electron chi connectivity index (χ2n) is 6.56. The quantitative estimate of drug-likeness (QED) is 0.371. The Balaban J connectivity index is 2.58. The maximum Gasteiger partial charge on any atom is 0.307 e. The van der Waals surface area contributed by atoms with Crippen LogP contribution in [0, 0.1) is 0 Å². The van der Waals surface area contributed by atoms with Crippen LogP contribution >= 0.6 is 23.4 Å². The molecule has 0 heterocycles. The minimum Gasteiger partial charge on any atom is -0.496 e. The topological polar surface area (TPSA) is 64.6 Å². The molecule has 0 saturated carbocycles. The van der Waals surface area contributed by atoms with Gasteiger partial charge in [-0.1, -0.05) is 30.7 Å². The molecule has 2 aromatic rings. The van der Waals surface area contributed by atoms with Gasteiger partial charge in [0.1, 0.15) is 12.0 Å². The van der Waals surface area contributed by atoms with E-state index in [2.05, 4.69) is 12.2 Å². The summed E-state index contributed by atoms with van der Waals surface area (Å²) in [4.78, 5) is 23.9. The highest BCUT2D eigenvalue weighted by Gasteiger charge is 2.27.